The van der Waals surface area contributed by atoms with E-state index in [4.69, 9.17) is 18.5 Å². The first-order valence-corrected chi connectivity index (χ1v) is 25.2. The zero-order chi connectivity index (χ0) is 46.4. The Hall–Kier alpha value is -2.71. The number of aliphatic hydroxyl groups is 5. The maximum absolute atomic E-state index is 12.8. The molecule has 14 heteroatoms. The van der Waals surface area contributed by atoms with Crippen LogP contribution in [0.5, 0.6) is 0 Å². The maximum Gasteiger partial charge on any atom is 0.472 e. The number of hydrogen-bond acceptors (Lipinski definition) is 12. The third-order valence-electron chi connectivity index (χ3n) is 10.5. The lowest BCUT2D eigenvalue weighted by Gasteiger charge is -2.41. The Morgan fingerprint density at radius 1 is 0.508 bits per heavy atom. The van der Waals surface area contributed by atoms with E-state index in [2.05, 4.69) is 86.8 Å². The van der Waals surface area contributed by atoms with Crippen LogP contribution in [-0.4, -0.2) is 98.3 Å². The number of esters is 2. The van der Waals surface area contributed by atoms with Crippen molar-refractivity contribution in [1.29, 1.82) is 0 Å². The number of hydrogen-bond donors (Lipinski definition) is 6. The third-order valence-corrected chi connectivity index (χ3v) is 11.5. The number of carbonyl (C=O) groups excluding carboxylic acids is 2. The summed E-state index contributed by atoms with van der Waals surface area (Å²) in [5.74, 6) is -1.14. The quantitative estimate of drug-likeness (QED) is 0.0148. The highest BCUT2D eigenvalue weighted by Crippen LogP contribution is 2.47. The van der Waals surface area contributed by atoms with Gasteiger partial charge in [-0.1, -0.05) is 151 Å². The second-order valence-electron chi connectivity index (χ2n) is 16.2. The molecule has 0 radical (unpaired) electrons. The van der Waals surface area contributed by atoms with Gasteiger partial charge in [0.25, 0.3) is 0 Å². The van der Waals surface area contributed by atoms with E-state index >= 15 is 0 Å². The Morgan fingerprint density at radius 3 is 1.41 bits per heavy atom. The molecule has 0 aromatic carbocycles. The SMILES string of the molecule is CC/C=C/C/C=C/C/C=C/C/C=C/C/C=C/CCCCCC(=O)OC[C@@H](COP(=O)(O)OC1C(O)C(O)C(O)[C@H](O)C1O)OC(=O)CCCCCCCCCCC/C=C/CCCC. The molecule has 6 N–H and O–H groups in total. The van der Waals surface area contributed by atoms with Gasteiger partial charge in [-0.3, -0.25) is 18.6 Å². The fraction of sp³-hybridized carbons (Fsp3) is 0.714. The summed E-state index contributed by atoms with van der Waals surface area (Å²) < 4.78 is 33.5. The summed E-state index contributed by atoms with van der Waals surface area (Å²) in [6.07, 6.45) is 35.2. The van der Waals surface area contributed by atoms with E-state index in [1.165, 1.54) is 44.9 Å². The van der Waals surface area contributed by atoms with Crippen molar-refractivity contribution in [3.63, 3.8) is 0 Å². The molecule has 1 aliphatic rings. The average molecular weight is 911 g/mol. The molecule has 0 aliphatic heterocycles. The van der Waals surface area contributed by atoms with Crippen molar-refractivity contribution in [2.45, 2.75) is 211 Å². The van der Waals surface area contributed by atoms with Gasteiger partial charge in [0.2, 0.25) is 0 Å². The van der Waals surface area contributed by atoms with Gasteiger partial charge in [0.1, 0.15) is 43.2 Å². The van der Waals surface area contributed by atoms with E-state index in [0.29, 0.717) is 12.8 Å². The molecule has 0 amide bonds. The van der Waals surface area contributed by atoms with Crippen LogP contribution >= 0.6 is 7.82 Å². The normalized spacial score (nSPS) is 22.3. The minimum absolute atomic E-state index is 0.0833. The van der Waals surface area contributed by atoms with Crippen molar-refractivity contribution < 1.29 is 63.1 Å². The Kier molecular flexibility index (Phi) is 35.7. The van der Waals surface area contributed by atoms with Gasteiger partial charge >= 0.3 is 19.8 Å². The number of carbonyl (C=O) groups is 2. The van der Waals surface area contributed by atoms with Crippen LogP contribution in [0.15, 0.2) is 72.9 Å². The van der Waals surface area contributed by atoms with Crippen molar-refractivity contribution in [3.8, 4) is 0 Å². The molecule has 1 rings (SSSR count). The molecule has 1 aliphatic carbocycles. The summed E-state index contributed by atoms with van der Waals surface area (Å²) in [4.78, 5) is 35.7. The van der Waals surface area contributed by atoms with E-state index in [0.717, 1.165) is 83.5 Å². The van der Waals surface area contributed by atoms with Gasteiger partial charge in [-0.2, -0.15) is 0 Å². The number of phosphoric ester groups is 1. The maximum atomic E-state index is 12.8. The molecule has 0 bridgehead atoms. The molecule has 63 heavy (non-hydrogen) atoms. The molecule has 6 unspecified atom stereocenters. The molecule has 8 atom stereocenters. The largest absolute Gasteiger partial charge is 0.472 e. The molecule has 0 saturated heterocycles. The van der Waals surface area contributed by atoms with Crippen molar-refractivity contribution in [1.82, 2.24) is 0 Å². The Morgan fingerprint density at radius 2 is 0.905 bits per heavy atom. The smallest absolute Gasteiger partial charge is 0.462 e. The van der Waals surface area contributed by atoms with Crippen LogP contribution in [0.3, 0.4) is 0 Å². The highest BCUT2D eigenvalue weighted by atomic mass is 31.2. The number of unbranched alkanes of at least 4 members (excludes halogenated alkanes) is 14. The molecule has 0 aromatic rings. The Balaban J connectivity index is 2.47. The lowest BCUT2D eigenvalue weighted by atomic mass is 9.85. The highest BCUT2D eigenvalue weighted by molar-refractivity contribution is 7.47. The second kappa shape index (κ2) is 38.5. The molecular formula is C49H83O13P. The van der Waals surface area contributed by atoms with Gasteiger partial charge < -0.3 is 39.9 Å². The van der Waals surface area contributed by atoms with Crippen LogP contribution in [0.1, 0.15) is 168 Å². The van der Waals surface area contributed by atoms with Gasteiger partial charge in [0.15, 0.2) is 6.10 Å². The van der Waals surface area contributed by atoms with E-state index in [9.17, 15) is 44.6 Å². The summed E-state index contributed by atoms with van der Waals surface area (Å²) >= 11 is 0. The lowest BCUT2D eigenvalue weighted by Crippen LogP contribution is -2.64. The minimum atomic E-state index is -5.13. The van der Waals surface area contributed by atoms with Crippen LogP contribution in [0.4, 0.5) is 0 Å². The van der Waals surface area contributed by atoms with Gasteiger partial charge in [-0.15, -0.1) is 0 Å². The van der Waals surface area contributed by atoms with Crippen LogP contribution < -0.4 is 0 Å². The first-order valence-electron chi connectivity index (χ1n) is 23.7. The molecule has 13 nitrogen and oxygen atoms in total. The van der Waals surface area contributed by atoms with Gasteiger partial charge in [0.05, 0.1) is 6.61 Å². The standard InChI is InChI=1S/C49H83O13P/c1-3-5-7-9-11-13-15-17-19-20-21-22-24-25-27-29-31-33-35-37-42(50)59-39-41(40-60-63(57,58)62-49-47(55)45(53)44(52)46(54)48(49)56)61-43(51)38-36-34-32-30-28-26-23-18-16-14-12-10-8-6-4-2/h5,7,10-13,17,19,21-22,25,27,41,44-49,52-56H,3-4,6,8-9,14-16,18,20,23-24,26,28-40H2,1-2H3,(H,57,58)/b7-5+,12-10+,13-11+,19-17+,22-21+,27-25+/t41-,44?,45-,46?,47?,48?,49?/m0/s1. The lowest BCUT2D eigenvalue weighted by molar-refractivity contribution is -0.220. The third kappa shape index (κ3) is 31.0. The number of phosphoric acid groups is 1. The number of ether oxygens (including phenoxy) is 2. The highest BCUT2D eigenvalue weighted by Gasteiger charge is 2.51. The predicted octanol–water partition coefficient (Wildman–Crippen LogP) is 9.50. The van der Waals surface area contributed by atoms with Crippen LogP contribution in [-0.2, 0) is 32.7 Å². The monoisotopic (exact) mass is 911 g/mol. The molecule has 1 saturated carbocycles. The van der Waals surface area contributed by atoms with Crippen LogP contribution in [0.25, 0.3) is 0 Å². The molecule has 1 fully saturated rings. The van der Waals surface area contributed by atoms with E-state index in [1.807, 2.05) is 0 Å². The number of rotatable bonds is 38. The summed E-state index contributed by atoms with van der Waals surface area (Å²) in [6.45, 7) is 3.12. The first kappa shape index (κ1) is 58.3. The predicted molar refractivity (Wildman–Crippen MR) is 249 cm³/mol. The number of allylic oxidation sites excluding steroid dienone is 12. The summed E-state index contributed by atoms with van der Waals surface area (Å²) in [6, 6.07) is 0. The Bertz CT molecular complexity index is 1380. The van der Waals surface area contributed by atoms with Crippen LogP contribution in [0.2, 0.25) is 0 Å². The van der Waals surface area contributed by atoms with Crippen LogP contribution in [0, 0.1) is 0 Å². The molecule has 0 aromatic heterocycles. The van der Waals surface area contributed by atoms with E-state index in [1.54, 1.807) is 0 Å². The van der Waals surface area contributed by atoms with Gasteiger partial charge in [-0.25, -0.2) is 4.57 Å². The number of aliphatic hydroxyl groups excluding tert-OH is 5. The molecular weight excluding hydrogens is 827 g/mol. The molecule has 0 heterocycles. The molecule has 362 valence electrons. The van der Waals surface area contributed by atoms with Crippen molar-refractivity contribution >= 4 is 19.8 Å². The molecule has 0 spiro atoms. The fourth-order valence-corrected chi connectivity index (χ4v) is 7.68. The van der Waals surface area contributed by atoms with Gasteiger partial charge in [-0.05, 0) is 77.0 Å². The zero-order valence-electron chi connectivity index (χ0n) is 38.3. The first-order chi connectivity index (χ1) is 30.4. The summed E-state index contributed by atoms with van der Waals surface area (Å²) in [5.41, 5.74) is 0. The van der Waals surface area contributed by atoms with Crippen molar-refractivity contribution in [2.24, 2.45) is 0 Å². The Labute approximate surface area is 378 Å². The average Bonchev–Trinajstić information content (AvgIpc) is 3.26. The van der Waals surface area contributed by atoms with Crippen molar-refractivity contribution in [3.05, 3.63) is 72.9 Å². The summed E-state index contributed by atoms with van der Waals surface area (Å²) in [5, 5.41) is 50.2. The van der Waals surface area contributed by atoms with Crippen molar-refractivity contribution in [2.75, 3.05) is 13.2 Å². The van der Waals surface area contributed by atoms with Gasteiger partial charge in [0, 0.05) is 12.8 Å². The zero-order valence-corrected chi connectivity index (χ0v) is 39.2. The topological polar surface area (TPSA) is 210 Å². The fourth-order valence-electron chi connectivity index (χ4n) is 6.71. The van der Waals surface area contributed by atoms with E-state index < -0.39 is 75.7 Å². The minimum Gasteiger partial charge on any atom is -0.462 e. The van der Waals surface area contributed by atoms with E-state index in [-0.39, 0.29) is 12.8 Å². The summed E-state index contributed by atoms with van der Waals surface area (Å²) in [7, 11) is -5.13. The second-order valence-corrected chi connectivity index (χ2v) is 17.6.